The van der Waals surface area contributed by atoms with E-state index < -0.39 is 87.3 Å². The Morgan fingerprint density at radius 3 is 1.10 bits per heavy atom. The maximum Gasteiger partial charge on any atom is 0.306 e. The Hall–Kier alpha value is -2.79. The highest BCUT2D eigenvalue weighted by Gasteiger charge is 2.48. The highest BCUT2D eigenvalue weighted by atomic mass is 19.2. The van der Waals surface area contributed by atoms with E-state index in [-0.39, 0.29) is 6.92 Å². The van der Waals surface area contributed by atoms with Crippen LogP contribution < -0.4 is 0 Å². The zero-order valence-corrected chi connectivity index (χ0v) is 14.3. The molecule has 2 rings (SSSR count). The van der Waals surface area contributed by atoms with E-state index in [1.807, 2.05) is 0 Å². The molecule has 2 nitrogen and oxygen atoms in total. The van der Waals surface area contributed by atoms with Crippen LogP contribution in [0.3, 0.4) is 0 Å². The summed E-state index contributed by atoms with van der Waals surface area (Å²) in [7, 11) is 0. The molecule has 0 spiro atoms. The summed E-state index contributed by atoms with van der Waals surface area (Å²) in [4.78, 5) is 11.7. The summed E-state index contributed by atoms with van der Waals surface area (Å²) in [5, 5.41) is 0. The third kappa shape index (κ3) is 3.29. The summed E-state index contributed by atoms with van der Waals surface area (Å²) < 4.78 is 143. The van der Waals surface area contributed by atoms with Gasteiger partial charge in [-0.1, -0.05) is 6.92 Å². The standard InChI is InChI=1S/C17H8F10O2/c1-3-4(28)29-17(2,5-7(18)11(22)15(26)12(23)8(5)19)6-9(20)13(24)16(27)14(25)10(6)21/h3H2,1-2H3. The summed E-state index contributed by atoms with van der Waals surface area (Å²) in [6.07, 6.45) is -0.652. The first kappa shape index (κ1) is 22.5. The SMILES string of the molecule is CCC(=O)OC(C)(c1c(F)c(F)c(F)c(F)c1F)c1c(F)c(F)c(F)c(F)c1F. The molecule has 0 saturated heterocycles. The Labute approximate surface area is 155 Å². The van der Waals surface area contributed by atoms with Crippen molar-refractivity contribution >= 4 is 5.97 Å². The fourth-order valence-corrected chi connectivity index (χ4v) is 2.57. The summed E-state index contributed by atoms with van der Waals surface area (Å²) in [6.45, 7) is 1.29. The number of carbonyl (C=O) groups excluding carboxylic acids is 1. The van der Waals surface area contributed by atoms with Crippen molar-refractivity contribution in [3.8, 4) is 0 Å². The van der Waals surface area contributed by atoms with E-state index in [9.17, 15) is 48.7 Å². The second-order valence-corrected chi connectivity index (χ2v) is 5.75. The topological polar surface area (TPSA) is 26.3 Å². The van der Waals surface area contributed by atoms with Crippen molar-refractivity contribution in [2.75, 3.05) is 0 Å². The van der Waals surface area contributed by atoms with Crippen molar-refractivity contribution < 1.29 is 53.4 Å². The van der Waals surface area contributed by atoms with Crippen LogP contribution in [0.4, 0.5) is 43.9 Å². The van der Waals surface area contributed by atoms with E-state index in [1.54, 1.807) is 0 Å². The molecule has 0 N–H and O–H groups in total. The molecule has 0 radical (unpaired) electrons. The summed E-state index contributed by atoms with van der Waals surface area (Å²) >= 11 is 0. The van der Waals surface area contributed by atoms with Crippen LogP contribution in [0.15, 0.2) is 0 Å². The van der Waals surface area contributed by atoms with Crippen LogP contribution in [0.5, 0.6) is 0 Å². The monoisotopic (exact) mass is 434 g/mol. The van der Waals surface area contributed by atoms with Gasteiger partial charge >= 0.3 is 5.97 Å². The minimum Gasteiger partial charge on any atom is -0.449 e. The number of ether oxygens (including phenoxy) is 1. The maximum atomic E-state index is 14.3. The summed E-state index contributed by atoms with van der Waals surface area (Å²) in [5.74, 6) is -28.0. The molecule has 0 heterocycles. The van der Waals surface area contributed by atoms with E-state index in [4.69, 9.17) is 0 Å². The van der Waals surface area contributed by atoms with Gasteiger partial charge < -0.3 is 4.74 Å². The molecule has 12 heteroatoms. The van der Waals surface area contributed by atoms with Crippen LogP contribution in [0, 0.1) is 58.2 Å². The largest absolute Gasteiger partial charge is 0.449 e. The first-order valence-corrected chi connectivity index (χ1v) is 7.56. The molecule has 0 unspecified atom stereocenters. The van der Waals surface area contributed by atoms with Gasteiger partial charge in [0, 0.05) is 6.42 Å². The second kappa shape index (κ2) is 7.56. The van der Waals surface area contributed by atoms with E-state index in [1.165, 1.54) is 0 Å². The molecule has 0 aliphatic rings. The fourth-order valence-electron chi connectivity index (χ4n) is 2.57. The Balaban J connectivity index is 3.08. The zero-order chi connectivity index (χ0) is 22.4. The van der Waals surface area contributed by atoms with E-state index >= 15 is 0 Å². The second-order valence-electron chi connectivity index (χ2n) is 5.75. The van der Waals surface area contributed by atoms with E-state index in [2.05, 4.69) is 4.74 Å². The van der Waals surface area contributed by atoms with Gasteiger partial charge in [-0.05, 0) is 6.92 Å². The minimum absolute atomic E-state index is 0.219. The predicted octanol–water partition coefficient (Wildman–Crippen LogP) is 5.29. The van der Waals surface area contributed by atoms with Gasteiger partial charge in [0.1, 0.15) is 0 Å². The Kier molecular flexibility index (Phi) is 5.87. The Morgan fingerprint density at radius 2 is 0.862 bits per heavy atom. The first-order chi connectivity index (χ1) is 13.3. The quantitative estimate of drug-likeness (QED) is 0.283. The molecule has 0 aliphatic carbocycles. The van der Waals surface area contributed by atoms with Crippen molar-refractivity contribution in [1.82, 2.24) is 0 Å². The molecule has 0 fully saturated rings. The molecule has 0 amide bonds. The van der Waals surface area contributed by atoms with Crippen LogP contribution in [-0.2, 0) is 15.1 Å². The fraction of sp³-hybridized carbons (Fsp3) is 0.235. The predicted molar refractivity (Wildman–Crippen MR) is 75.3 cm³/mol. The molecule has 158 valence electrons. The molecule has 0 bridgehead atoms. The maximum absolute atomic E-state index is 14.3. The number of hydrogen-bond donors (Lipinski definition) is 0. The average Bonchev–Trinajstić information content (AvgIpc) is 2.67. The lowest BCUT2D eigenvalue weighted by Gasteiger charge is -2.32. The first-order valence-electron chi connectivity index (χ1n) is 7.56. The zero-order valence-electron chi connectivity index (χ0n) is 14.3. The lowest BCUT2D eigenvalue weighted by atomic mass is 9.85. The van der Waals surface area contributed by atoms with E-state index in [0.29, 0.717) is 0 Å². The molecule has 2 aromatic carbocycles. The average molecular weight is 434 g/mol. The molecule has 0 atom stereocenters. The van der Waals surface area contributed by atoms with Gasteiger partial charge in [0.2, 0.25) is 11.6 Å². The lowest BCUT2D eigenvalue weighted by molar-refractivity contribution is -0.155. The smallest absolute Gasteiger partial charge is 0.306 e. The third-order valence-electron chi connectivity index (χ3n) is 3.98. The van der Waals surface area contributed by atoms with Gasteiger partial charge in [-0.2, -0.15) is 0 Å². The molecule has 0 aromatic heterocycles. The van der Waals surface area contributed by atoms with Gasteiger partial charge in [-0.15, -0.1) is 0 Å². The minimum atomic E-state index is -3.62. The van der Waals surface area contributed by atoms with Crippen molar-refractivity contribution in [1.29, 1.82) is 0 Å². The number of hydrogen-bond acceptors (Lipinski definition) is 2. The Morgan fingerprint density at radius 1 is 0.621 bits per heavy atom. The molecule has 0 saturated carbocycles. The summed E-state index contributed by atoms with van der Waals surface area (Å²) in [5.41, 5.74) is -7.88. The molecule has 0 aliphatic heterocycles. The molecular weight excluding hydrogens is 426 g/mol. The number of halogens is 10. The van der Waals surface area contributed by atoms with Gasteiger partial charge in [0.25, 0.3) is 0 Å². The van der Waals surface area contributed by atoms with Crippen molar-refractivity contribution in [3.63, 3.8) is 0 Å². The van der Waals surface area contributed by atoms with Crippen LogP contribution >= 0.6 is 0 Å². The van der Waals surface area contributed by atoms with Crippen LogP contribution in [-0.4, -0.2) is 5.97 Å². The normalized spacial score (nSPS) is 11.7. The van der Waals surface area contributed by atoms with Gasteiger partial charge in [-0.3, -0.25) is 4.79 Å². The third-order valence-corrected chi connectivity index (χ3v) is 3.98. The highest BCUT2D eigenvalue weighted by Crippen LogP contribution is 2.43. The van der Waals surface area contributed by atoms with Gasteiger partial charge in [0.15, 0.2) is 52.1 Å². The van der Waals surface area contributed by atoms with Crippen LogP contribution in [0.1, 0.15) is 31.4 Å². The van der Waals surface area contributed by atoms with Crippen LogP contribution in [0.25, 0.3) is 0 Å². The number of benzene rings is 2. The van der Waals surface area contributed by atoms with Crippen molar-refractivity contribution in [2.24, 2.45) is 0 Å². The summed E-state index contributed by atoms with van der Waals surface area (Å²) in [6, 6.07) is 0. The highest BCUT2D eigenvalue weighted by molar-refractivity contribution is 5.70. The number of esters is 1. The molecular formula is C17H8F10O2. The number of rotatable bonds is 4. The molecule has 29 heavy (non-hydrogen) atoms. The van der Waals surface area contributed by atoms with Gasteiger partial charge in [0.05, 0.1) is 11.1 Å². The van der Waals surface area contributed by atoms with E-state index in [0.717, 1.165) is 6.92 Å². The lowest BCUT2D eigenvalue weighted by Crippen LogP contribution is -2.36. The van der Waals surface area contributed by atoms with Crippen molar-refractivity contribution in [3.05, 3.63) is 69.3 Å². The van der Waals surface area contributed by atoms with Gasteiger partial charge in [-0.25, -0.2) is 43.9 Å². The van der Waals surface area contributed by atoms with Crippen LogP contribution in [0.2, 0.25) is 0 Å². The number of carbonyl (C=O) groups is 1. The Bertz CT molecular complexity index is 891. The molecule has 2 aromatic rings. The van der Waals surface area contributed by atoms with Crippen molar-refractivity contribution in [2.45, 2.75) is 25.9 Å².